The molecule has 1 fully saturated rings. The first-order valence-corrected chi connectivity index (χ1v) is 5.35. The molecule has 1 aliphatic rings. The van der Waals surface area contributed by atoms with Crippen LogP contribution in [0, 0.1) is 0 Å². The third kappa shape index (κ3) is 1.25. The predicted molar refractivity (Wildman–Crippen MR) is 51.4 cm³/mol. The highest BCUT2D eigenvalue weighted by Crippen LogP contribution is 2.47. The Balaban J connectivity index is 2.42. The highest BCUT2D eigenvalue weighted by Gasteiger charge is 2.43. The van der Waals surface area contributed by atoms with Crippen LogP contribution < -0.4 is 0 Å². The van der Waals surface area contributed by atoms with E-state index in [1.807, 2.05) is 24.5 Å². The molecule has 64 valence electrons. The maximum absolute atomic E-state index is 9.90. The number of hydrogen-bond donors (Lipinski definition) is 1. The molecular weight excluding hydrogens is 168 g/mol. The van der Waals surface area contributed by atoms with Gasteiger partial charge in [0, 0.05) is 4.90 Å². The molecule has 0 bridgehead atoms. The first-order valence-electron chi connectivity index (χ1n) is 4.12. The quantitative estimate of drug-likeness (QED) is 0.705. The van der Waals surface area contributed by atoms with Gasteiger partial charge in [0.15, 0.2) is 0 Å². The Morgan fingerprint density at radius 1 is 1.33 bits per heavy atom. The SMILES string of the molecule is CSc1ccccc1C1(O)CC1. The fourth-order valence-corrected chi connectivity index (χ4v) is 2.11. The van der Waals surface area contributed by atoms with Crippen LogP contribution in [0.25, 0.3) is 0 Å². The standard InChI is InChI=1S/C10H12OS/c1-12-9-5-3-2-4-8(9)10(11)6-7-10/h2-5,11H,6-7H2,1H3. The molecule has 0 saturated heterocycles. The minimum Gasteiger partial charge on any atom is -0.385 e. The minimum absolute atomic E-state index is 0.487. The van der Waals surface area contributed by atoms with Gasteiger partial charge in [-0.1, -0.05) is 18.2 Å². The van der Waals surface area contributed by atoms with Crippen molar-refractivity contribution in [2.75, 3.05) is 6.26 Å². The summed E-state index contributed by atoms with van der Waals surface area (Å²) in [5.41, 5.74) is 0.622. The van der Waals surface area contributed by atoms with E-state index in [1.54, 1.807) is 11.8 Å². The Labute approximate surface area is 76.8 Å². The van der Waals surface area contributed by atoms with Crippen LogP contribution in [-0.2, 0) is 5.60 Å². The Kier molecular flexibility index (Phi) is 1.89. The van der Waals surface area contributed by atoms with Crippen molar-refractivity contribution in [3.63, 3.8) is 0 Å². The first kappa shape index (κ1) is 8.14. The van der Waals surface area contributed by atoms with Crippen LogP contribution in [0.15, 0.2) is 29.2 Å². The molecule has 0 unspecified atom stereocenters. The molecular formula is C10H12OS. The molecule has 2 rings (SSSR count). The highest BCUT2D eigenvalue weighted by atomic mass is 32.2. The fraction of sp³-hybridized carbons (Fsp3) is 0.400. The van der Waals surface area contributed by atoms with E-state index in [4.69, 9.17) is 0 Å². The van der Waals surface area contributed by atoms with Crippen molar-refractivity contribution in [1.29, 1.82) is 0 Å². The summed E-state index contributed by atoms with van der Waals surface area (Å²) in [5.74, 6) is 0. The van der Waals surface area contributed by atoms with Gasteiger partial charge in [0.2, 0.25) is 0 Å². The van der Waals surface area contributed by atoms with Gasteiger partial charge < -0.3 is 5.11 Å². The van der Waals surface area contributed by atoms with Gasteiger partial charge in [0.05, 0.1) is 5.60 Å². The number of rotatable bonds is 2. The molecule has 0 aromatic heterocycles. The van der Waals surface area contributed by atoms with Crippen LogP contribution in [0.5, 0.6) is 0 Å². The van der Waals surface area contributed by atoms with Gasteiger partial charge in [0.1, 0.15) is 0 Å². The average molecular weight is 180 g/mol. The van der Waals surface area contributed by atoms with Crippen molar-refractivity contribution in [2.45, 2.75) is 23.3 Å². The molecule has 1 aromatic rings. The van der Waals surface area contributed by atoms with E-state index >= 15 is 0 Å². The molecule has 12 heavy (non-hydrogen) atoms. The topological polar surface area (TPSA) is 20.2 Å². The van der Waals surface area contributed by atoms with Gasteiger partial charge in [-0.3, -0.25) is 0 Å². The summed E-state index contributed by atoms with van der Waals surface area (Å²) in [4.78, 5) is 1.21. The van der Waals surface area contributed by atoms with Crippen molar-refractivity contribution in [3.8, 4) is 0 Å². The van der Waals surface area contributed by atoms with E-state index < -0.39 is 5.60 Å². The second-order valence-corrected chi connectivity index (χ2v) is 4.08. The van der Waals surface area contributed by atoms with Crippen LogP contribution in [0.4, 0.5) is 0 Å². The summed E-state index contributed by atoms with van der Waals surface area (Å²) in [6, 6.07) is 8.10. The van der Waals surface area contributed by atoms with E-state index in [0.717, 1.165) is 18.4 Å². The Morgan fingerprint density at radius 3 is 2.58 bits per heavy atom. The Morgan fingerprint density at radius 2 is 2.00 bits per heavy atom. The van der Waals surface area contributed by atoms with Crippen molar-refractivity contribution in [3.05, 3.63) is 29.8 Å². The lowest BCUT2D eigenvalue weighted by Crippen LogP contribution is -2.05. The second kappa shape index (κ2) is 2.79. The van der Waals surface area contributed by atoms with E-state index in [9.17, 15) is 5.11 Å². The first-order chi connectivity index (χ1) is 5.76. The predicted octanol–water partition coefficient (Wildman–Crippen LogP) is 2.39. The molecule has 1 aliphatic carbocycles. The van der Waals surface area contributed by atoms with Crippen molar-refractivity contribution in [2.24, 2.45) is 0 Å². The molecule has 1 aromatic carbocycles. The number of thioether (sulfide) groups is 1. The maximum atomic E-state index is 9.90. The zero-order valence-corrected chi connectivity index (χ0v) is 7.90. The van der Waals surface area contributed by atoms with Gasteiger partial charge >= 0.3 is 0 Å². The lowest BCUT2D eigenvalue weighted by Gasteiger charge is -2.11. The summed E-state index contributed by atoms with van der Waals surface area (Å²) >= 11 is 1.70. The van der Waals surface area contributed by atoms with E-state index in [0.29, 0.717) is 0 Å². The fourth-order valence-electron chi connectivity index (χ4n) is 1.42. The van der Waals surface area contributed by atoms with Crippen LogP contribution in [-0.4, -0.2) is 11.4 Å². The summed E-state index contributed by atoms with van der Waals surface area (Å²) in [5, 5.41) is 9.90. The lowest BCUT2D eigenvalue weighted by molar-refractivity contribution is 0.148. The normalized spacial score (nSPS) is 19.2. The molecule has 1 nitrogen and oxygen atoms in total. The largest absolute Gasteiger partial charge is 0.385 e. The van der Waals surface area contributed by atoms with Gasteiger partial charge in [0.25, 0.3) is 0 Å². The number of benzene rings is 1. The lowest BCUT2D eigenvalue weighted by atomic mass is 10.1. The smallest absolute Gasteiger partial charge is 0.0909 e. The third-order valence-electron chi connectivity index (χ3n) is 2.33. The summed E-state index contributed by atoms with van der Waals surface area (Å²) in [7, 11) is 0. The zero-order chi connectivity index (χ0) is 8.60. The van der Waals surface area contributed by atoms with E-state index in [1.165, 1.54) is 4.90 Å². The summed E-state index contributed by atoms with van der Waals surface area (Å²) < 4.78 is 0. The molecule has 1 saturated carbocycles. The second-order valence-electron chi connectivity index (χ2n) is 3.23. The molecule has 0 radical (unpaired) electrons. The maximum Gasteiger partial charge on any atom is 0.0909 e. The van der Waals surface area contributed by atoms with Crippen molar-refractivity contribution >= 4 is 11.8 Å². The van der Waals surface area contributed by atoms with Gasteiger partial charge in [-0.2, -0.15) is 0 Å². The molecule has 0 heterocycles. The van der Waals surface area contributed by atoms with Crippen LogP contribution in [0.1, 0.15) is 18.4 Å². The molecule has 0 atom stereocenters. The van der Waals surface area contributed by atoms with Crippen molar-refractivity contribution < 1.29 is 5.11 Å². The average Bonchev–Trinajstić information content (AvgIpc) is 2.85. The Bertz CT molecular complexity index is 292. The molecule has 2 heteroatoms. The van der Waals surface area contributed by atoms with Crippen molar-refractivity contribution in [1.82, 2.24) is 0 Å². The zero-order valence-electron chi connectivity index (χ0n) is 7.08. The number of hydrogen-bond acceptors (Lipinski definition) is 2. The van der Waals surface area contributed by atoms with Crippen LogP contribution in [0.2, 0.25) is 0 Å². The molecule has 0 amide bonds. The molecule has 0 aliphatic heterocycles. The Hall–Kier alpha value is -0.470. The van der Waals surface area contributed by atoms with Gasteiger partial charge in [-0.05, 0) is 30.7 Å². The molecule has 0 spiro atoms. The summed E-state index contributed by atoms with van der Waals surface area (Å²) in [6.07, 6.45) is 3.89. The van der Waals surface area contributed by atoms with Gasteiger partial charge in [-0.25, -0.2) is 0 Å². The minimum atomic E-state index is -0.487. The summed E-state index contributed by atoms with van der Waals surface area (Å²) in [6.45, 7) is 0. The highest BCUT2D eigenvalue weighted by molar-refractivity contribution is 7.98. The van der Waals surface area contributed by atoms with Gasteiger partial charge in [-0.15, -0.1) is 11.8 Å². The third-order valence-corrected chi connectivity index (χ3v) is 3.13. The van der Waals surface area contributed by atoms with E-state index in [-0.39, 0.29) is 0 Å². The number of aliphatic hydroxyl groups is 1. The van der Waals surface area contributed by atoms with E-state index in [2.05, 4.69) is 6.07 Å². The monoisotopic (exact) mass is 180 g/mol. The molecule has 1 N–H and O–H groups in total. The van der Waals surface area contributed by atoms with Crippen LogP contribution in [0.3, 0.4) is 0 Å². The van der Waals surface area contributed by atoms with Crippen LogP contribution >= 0.6 is 11.8 Å².